The maximum absolute atomic E-state index is 5.91. The number of terminal acetylenes is 1. The molecule has 45 heavy (non-hydrogen) atoms. The number of rotatable bonds is 17. The second-order valence-electron chi connectivity index (χ2n) is 9.81. The van der Waals surface area contributed by atoms with Crippen molar-refractivity contribution in [3.8, 4) is 83.2 Å². The van der Waals surface area contributed by atoms with Gasteiger partial charge in [0, 0.05) is 41.0 Å². The first-order valence-electron chi connectivity index (χ1n) is 15.2. The van der Waals surface area contributed by atoms with E-state index in [9.17, 15) is 0 Å². The second kappa shape index (κ2) is 21.8. The van der Waals surface area contributed by atoms with Gasteiger partial charge in [0.05, 0.1) is 6.61 Å². The van der Waals surface area contributed by atoms with Crippen molar-refractivity contribution in [2.24, 2.45) is 0 Å². The highest BCUT2D eigenvalue weighted by Crippen LogP contribution is 2.21. The van der Waals surface area contributed by atoms with Crippen LogP contribution in [0.3, 0.4) is 0 Å². The summed E-state index contributed by atoms with van der Waals surface area (Å²) in [7, 11) is 0. The Labute approximate surface area is 267 Å². The zero-order chi connectivity index (χ0) is 31.6. The van der Waals surface area contributed by atoms with E-state index < -0.39 is 0 Å². The molecule has 0 amide bonds. The highest BCUT2D eigenvalue weighted by atomic mass is 16.5. The molecule has 0 radical (unpaired) electrons. The number of ether oxygens (including phenoxy) is 2. The van der Waals surface area contributed by atoms with Crippen LogP contribution in [0.1, 0.15) is 71.1 Å². The Kier molecular flexibility index (Phi) is 16.3. The maximum Gasteiger partial charge on any atom is 0.248 e. The fourth-order valence-corrected chi connectivity index (χ4v) is 4.02. The minimum absolute atomic E-state index is 0.446. The van der Waals surface area contributed by atoms with Gasteiger partial charge in [0.15, 0.2) is 0 Å². The molecule has 7 nitrogen and oxygen atoms in total. The number of benzene rings is 2. The topological polar surface area (TPSA) is 84.1 Å². The van der Waals surface area contributed by atoms with Crippen LogP contribution in [0, 0.1) is 71.7 Å². The predicted molar refractivity (Wildman–Crippen MR) is 182 cm³/mol. The van der Waals surface area contributed by atoms with Gasteiger partial charge in [-0.1, -0.05) is 64.7 Å². The van der Waals surface area contributed by atoms with Gasteiger partial charge >= 0.3 is 0 Å². The monoisotopic (exact) mass is 595 g/mol. The first-order valence-corrected chi connectivity index (χ1v) is 15.2. The van der Waals surface area contributed by atoms with Crippen LogP contribution < -0.4 is 20.1 Å². The van der Waals surface area contributed by atoms with Gasteiger partial charge in [0.25, 0.3) is 0 Å². The number of anilines is 4. The Morgan fingerprint density at radius 3 is 1.80 bits per heavy atom. The maximum atomic E-state index is 5.91. The summed E-state index contributed by atoms with van der Waals surface area (Å²) in [6.45, 7) is 3.00. The largest absolute Gasteiger partial charge is 0.494 e. The summed E-state index contributed by atoms with van der Waals surface area (Å²) in [6, 6.07) is 15.0. The van der Waals surface area contributed by atoms with Crippen LogP contribution in [0.25, 0.3) is 0 Å². The van der Waals surface area contributed by atoms with Crippen molar-refractivity contribution in [2.45, 2.75) is 71.1 Å². The summed E-state index contributed by atoms with van der Waals surface area (Å²) in [6.07, 6.45) is 20.6. The lowest BCUT2D eigenvalue weighted by Gasteiger charge is -2.08. The van der Waals surface area contributed by atoms with Crippen molar-refractivity contribution in [1.82, 2.24) is 15.2 Å². The number of unbranched alkanes of at least 4 members (excludes halogenated alkanes) is 9. The molecule has 7 heteroatoms. The van der Waals surface area contributed by atoms with E-state index in [-0.39, 0.29) is 0 Å². The molecule has 0 atom stereocenters. The van der Waals surface area contributed by atoms with Crippen molar-refractivity contribution in [1.29, 1.82) is 0 Å². The van der Waals surface area contributed by atoms with E-state index in [0.717, 1.165) is 30.2 Å². The summed E-state index contributed by atoms with van der Waals surface area (Å²) < 4.78 is 11.3. The Morgan fingerprint density at radius 2 is 1.18 bits per heavy atom. The normalized spacial score (nSPS) is 9.07. The number of H-pyrrole nitrogens is 1. The molecule has 0 unspecified atom stereocenters. The van der Waals surface area contributed by atoms with E-state index in [2.05, 4.69) is 98.0 Å². The molecule has 0 saturated heterocycles. The molecule has 3 N–H and O–H groups in total. The number of hydrogen-bond donors (Lipinski definition) is 3. The molecule has 0 aliphatic rings. The zero-order valence-electron chi connectivity index (χ0n) is 25.7. The average Bonchev–Trinajstić information content (AvgIpc) is 3.50. The first-order chi connectivity index (χ1) is 22.3. The number of nitrogens with zero attached hydrogens (tertiary/aromatic N) is 2. The molecule has 3 rings (SSSR count). The summed E-state index contributed by atoms with van der Waals surface area (Å²) in [4.78, 5) is 4.44. The van der Waals surface area contributed by atoms with Crippen molar-refractivity contribution >= 4 is 23.3 Å². The average molecular weight is 596 g/mol. The van der Waals surface area contributed by atoms with E-state index in [0.29, 0.717) is 17.6 Å². The molecule has 0 saturated carbocycles. The molecule has 2 aromatic carbocycles. The Morgan fingerprint density at radius 1 is 0.644 bits per heavy atom. The van der Waals surface area contributed by atoms with Crippen LogP contribution in [0.4, 0.5) is 23.3 Å². The van der Waals surface area contributed by atoms with E-state index in [4.69, 9.17) is 15.9 Å². The Hall–Kier alpha value is -5.86. The van der Waals surface area contributed by atoms with Gasteiger partial charge in [0.1, 0.15) is 17.6 Å². The van der Waals surface area contributed by atoms with Gasteiger partial charge in [-0.25, -0.2) is 5.10 Å². The smallest absolute Gasteiger partial charge is 0.248 e. The Balaban J connectivity index is 1.32. The molecule has 0 aliphatic carbocycles. The summed E-state index contributed by atoms with van der Waals surface area (Å²) >= 11 is 0. The van der Waals surface area contributed by atoms with E-state index in [1.54, 1.807) is 12.1 Å². The molecule has 3 aromatic rings. The van der Waals surface area contributed by atoms with Gasteiger partial charge < -0.3 is 20.1 Å². The third kappa shape index (κ3) is 15.3. The standard InChI is InChI=1S/C38H37N5O2/c1-3-5-7-9-11-13-15-17-19-21-31-44-35-27-23-33(24-28-35)39-37-41-38(43-42-37)40-34-25-29-36(30-26-34)45-32-22-20-18-16-14-12-10-8-6-4-2/h1,23-30H,4,6,8,10,12,14,16,18,20,22,32H2,2H3,(H3,39,40,41,42,43). The minimum atomic E-state index is 0.446. The third-order valence-corrected chi connectivity index (χ3v) is 6.27. The minimum Gasteiger partial charge on any atom is -0.494 e. The van der Waals surface area contributed by atoms with Gasteiger partial charge in [-0.05, 0) is 84.6 Å². The van der Waals surface area contributed by atoms with Crippen LogP contribution in [0.2, 0.25) is 0 Å². The Bertz CT molecular complexity index is 1680. The third-order valence-electron chi connectivity index (χ3n) is 6.27. The van der Waals surface area contributed by atoms with E-state index in [1.165, 1.54) is 57.8 Å². The molecule has 0 fully saturated rings. The quantitative estimate of drug-likeness (QED) is 0.110. The summed E-state index contributed by atoms with van der Waals surface area (Å²) in [5.41, 5.74) is 1.66. The van der Waals surface area contributed by atoms with Gasteiger partial charge in [-0.2, -0.15) is 4.98 Å². The fourth-order valence-electron chi connectivity index (χ4n) is 4.02. The number of aromatic amines is 1. The fraction of sp³-hybridized carbons (Fsp3) is 0.316. The summed E-state index contributed by atoms with van der Waals surface area (Å²) in [5.74, 6) is 27.0. The molecule has 0 bridgehead atoms. The van der Waals surface area contributed by atoms with E-state index in [1.807, 2.05) is 36.4 Å². The SMILES string of the molecule is C#CC#CC#CC#CC#CC#COc1ccc(Nc2nc(Nc3ccc(OCCCCCCCCCCCC)cc3)n[nH]2)cc1. The number of aromatic nitrogens is 3. The first kappa shape index (κ1) is 33.6. The van der Waals surface area contributed by atoms with Crippen molar-refractivity contribution in [3.05, 3.63) is 48.5 Å². The highest BCUT2D eigenvalue weighted by molar-refractivity contribution is 5.58. The molecule has 0 aliphatic heterocycles. The molecule has 226 valence electrons. The molecule has 1 aromatic heterocycles. The second-order valence-corrected chi connectivity index (χ2v) is 9.81. The van der Waals surface area contributed by atoms with Gasteiger partial charge in [-0.3, -0.25) is 0 Å². The van der Waals surface area contributed by atoms with Crippen LogP contribution in [0.5, 0.6) is 11.5 Å². The van der Waals surface area contributed by atoms with Crippen LogP contribution in [0.15, 0.2) is 48.5 Å². The molecule has 0 spiro atoms. The van der Waals surface area contributed by atoms with Crippen LogP contribution >= 0.6 is 0 Å². The predicted octanol–water partition coefficient (Wildman–Crippen LogP) is 7.58. The van der Waals surface area contributed by atoms with Crippen LogP contribution in [-0.4, -0.2) is 21.8 Å². The lowest BCUT2D eigenvalue weighted by Crippen LogP contribution is -1.98. The van der Waals surface area contributed by atoms with E-state index >= 15 is 0 Å². The zero-order valence-corrected chi connectivity index (χ0v) is 25.7. The lowest BCUT2D eigenvalue weighted by atomic mass is 10.1. The highest BCUT2D eigenvalue weighted by Gasteiger charge is 2.05. The number of nitrogens with one attached hydrogen (secondary N) is 3. The van der Waals surface area contributed by atoms with Crippen molar-refractivity contribution in [2.75, 3.05) is 17.2 Å². The summed E-state index contributed by atoms with van der Waals surface area (Å²) in [5, 5.41) is 13.5. The lowest BCUT2D eigenvalue weighted by molar-refractivity contribution is 0.304. The van der Waals surface area contributed by atoms with Crippen molar-refractivity contribution in [3.63, 3.8) is 0 Å². The van der Waals surface area contributed by atoms with Crippen molar-refractivity contribution < 1.29 is 9.47 Å². The van der Waals surface area contributed by atoms with Gasteiger partial charge in [-0.15, -0.1) is 11.5 Å². The molecular weight excluding hydrogens is 558 g/mol. The van der Waals surface area contributed by atoms with Crippen LogP contribution in [-0.2, 0) is 0 Å². The number of hydrogen-bond acceptors (Lipinski definition) is 6. The molecular formula is C38H37N5O2. The van der Waals surface area contributed by atoms with Gasteiger partial charge in [0.2, 0.25) is 11.9 Å². The molecule has 1 heterocycles.